The Bertz CT molecular complexity index is 600. The Labute approximate surface area is 118 Å². The average molecular weight is 273 g/mol. The van der Waals surface area contributed by atoms with E-state index in [9.17, 15) is 4.79 Å². The van der Waals surface area contributed by atoms with Crippen LogP contribution in [0.25, 0.3) is 0 Å². The molecule has 0 saturated carbocycles. The molecule has 2 amide bonds. The van der Waals surface area contributed by atoms with Crippen molar-refractivity contribution in [2.24, 2.45) is 0 Å². The molecule has 0 aliphatic rings. The highest BCUT2D eigenvalue weighted by Gasteiger charge is 2.13. The lowest BCUT2D eigenvalue weighted by molar-refractivity contribution is 0.248. The van der Waals surface area contributed by atoms with E-state index >= 15 is 0 Å². The van der Waals surface area contributed by atoms with Gasteiger partial charge in [0.25, 0.3) is 0 Å². The number of nitrogens with one attached hydrogen (secondary N) is 2. The fourth-order valence-electron chi connectivity index (χ4n) is 2.01. The summed E-state index contributed by atoms with van der Waals surface area (Å²) in [5, 5.41) is 5.46. The van der Waals surface area contributed by atoms with Gasteiger partial charge in [-0.25, -0.2) is 4.79 Å². The molecule has 0 spiro atoms. The number of oxazole rings is 1. The Morgan fingerprint density at radius 2 is 1.95 bits per heavy atom. The standard InChI is InChI=1S/C15H19N3O2/c1-9-7-5-6-8-13(9)11(3)16-14(19)18-15-17-10(2)12(4)20-15/h5-8,11H,1-4H3,(H2,16,17,18,19). The average Bonchev–Trinajstić information content (AvgIpc) is 2.68. The van der Waals surface area contributed by atoms with Gasteiger partial charge in [-0.3, -0.25) is 5.32 Å². The van der Waals surface area contributed by atoms with Gasteiger partial charge in [-0.15, -0.1) is 0 Å². The summed E-state index contributed by atoms with van der Waals surface area (Å²) in [6.45, 7) is 7.60. The molecule has 106 valence electrons. The first-order valence-electron chi connectivity index (χ1n) is 6.54. The summed E-state index contributed by atoms with van der Waals surface area (Å²) in [5.74, 6) is 0.701. The molecule has 1 unspecified atom stereocenters. The number of urea groups is 1. The first-order chi connectivity index (χ1) is 9.47. The SMILES string of the molecule is Cc1ccccc1C(C)NC(=O)Nc1nc(C)c(C)o1. The second-order valence-corrected chi connectivity index (χ2v) is 4.84. The van der Waals surface area contributed by atoms with Gasteiger partial charge < -0.3 is 9.73 Å². The van der Waals surface area contributed by atoms with Crippen LogP contribution < -0.4 is 10.6 Å². The minimum atomic E-state index is -0.331. The molecule has 0 saturated heterocycles. The quantitative estimate of drug-likeness (QED) is 0.899. The van der Waals surface area contributed by atoms with Gasteiger partial charge in [0.05, 0.1) is 11.7 Å². The number of nitrogens with zero attached hydrogens (tertiary/aromatic N) is 1. The maximum absolute atomic E-state index is 11.9. The number of aromatic nitrogens is 1. The lowest BCUT2D eigenvalue weighted by Crippen LogP contribution is -2.31. The van der Waals surface area contributed by atoms with Crippen LogP contribution in [0.4, 0.5) is 10.8 Å². The summed E-state index contributed by atoms with van der Waals surface area (Å²) in [5.41, 5.74) is 3.00. The number of hydrogen-bond donors (Lipinski definition) is 2. The maximum atomic E-state index is 11.9. The van der Waals surface area contributed by atoms with E-state index in [0.717, 1.165) is 16.8 Å². The van der Waals surface area contributed by atoms with Crippen LogP contribution in [0, 0.1) is 20.8 Å². The number of aryl methyl sites for hydroxylation is 3. The summed E-state index contributed by atoms with van der Waals surface area (Å²) in [6.07, 6.45) is 0. The lowest BCUT2D eigenvalue weighted by atomic mass is 10.0. The predicted molar refractivity (Wildman–Crippen MR) is 77.7 cm³/mol. The Balaban J connectivity index is 1.99. The second kappa shape index (κ2) is 5.77. The van der Waals surface area contributed by atoms with E-state index in [2.05, 4.69) is 15.6 Å². The molecule has 0 bridgehead atoms. The van der Waals surface area contributed by atoms with Crippen molar-refractivity contribution in [2.75, 3.05) is 5.32 Å². The Morgan fingerprint density at radius 1 is 1.25 bits per heavy atom. The van der Waals surface area contributed by atoms with Gasteiger partial charge in [-0.05, 0) is 38.8 Å². The molecule has 20 heavy (non-hydrogen) atoms. The molecule has 1 aromatic carbocycles. The zero-order valence-corrected chi connectivity index (χ0v) is 12.2. The Morgan fingerprint density at radius 3 is 2.55 bits per heavy atom. The van der Waals surface area contributed by atoms with Gasteiger partial charge in [0.15, 0.2) is 0 Å². The van der Waals surface area contributed by atoms with Crippen molar-refractivity contribution in [3.8, 4) is 0 Å². The summed E-state index contributed by atoms with van der Waals surface area (Å²) in [4.78, 5) is 16.0. The number of benzene rings is 1. The third kappa shape index (κ3) is 3.17. The smallest absolute Gasteiger partial charge is 0.323 e. The molecule has 0 aliphatic heterocycles. The normalized spacial score (nSPS) is 12.0. The van der Waals surface area contributed by atoms with Crippen LogP contribution in [0.5, 0.6) is 0 Å². The number of amides is 2. The van der Waals surface area contributed by atoms with Gasteiger partial charge in [-0.1, -0.05) is 24.3 Å². The van der Waals surface area contributed by atoms with Gasteiger partial charge in [-0.2, -0.15) is 4.98 Å². The van der Waals surface area contributed by atoms with Crippen LogP contribution in [0.3, 0.4) is 0 Å². The molecule has 0 fully saturated rings. The van der Waals surface area contributed by atoms with Crippen molar-refractivity contribution in [1.29, 1.82) is 0 Å². The topological polar surface area (TPSA) is 67.2 Å². The van der Waals surface area contributed by atoms with Crippen molar-refractivity contribution in [1.82, 2.24) is 10.3 Å². The van der Waals surface area contributed by atoms with Crippen LogP contribution in [-0.4, -0.2) is 11.0 Å². The lowest BCUT2D eigenvalue weighted by Gasteiger charge is -2.16. The zero-order valence-electron chi connectivity index (χ0n) is 12.2. The largest absolute Gasteiger partial charge is 0.428 e. The zero-order chi connectivity index (χ0) is 14.7. The Hall–Kier alpha value is -2.30. The minimum absolute atomic E-state index is 0.0895. The molecule has 5 heteroatoms. The van der Waals surface area contributed by atoms with Crippen molar-refractivity contribution in [3.05, 3.63) is 46.8 Å². The fourth-order valence-corrected chi connectivity index (χ4v) is 2.01. The van der Waals surface area contributed by atoms with E-state index in [4.69, 9.17) is 4.42 Å². The highest BCUT2D eigenvalue weighted by Crippen LogP contribution is 2.17. The van der Waals surface area contributed by atoms with Crippen LogP contribution >= 0.6 is 0 Å². The monoisotopic (exact) mass is 273 g/mol. The number of carbonyl (C=O) groups excluding carboxylic acids is 1. The van der Waals surface area contributed by atoms with Crippen LogP contribution in [-0.2, 0) is 0 Å². The number of anilines is 1. The molecule has 2 N–H and O–H groups in total. The number of carbonyl (C=O) groups is 1. The highest BCUT2D eigenvalue weighted by molar-refractivity contribution is 5.87. The summed E-state index contributed by atoms with van der Waals surface area (Å²) in [7, 11) is 0. The molecule has 2 aromatic rings. The maximum Gasteiger partial charge on any atom is 0.323 e. The van der Waals surface area contributed by atoms with Gasteiger partial charge in [0.2, 0.25) is 0 Å². The van der Waals surface area contributed by atoms with Crippen LogP contribution in [0.2, 0.25) is 0 Å². The molecule has 0 radical (unpaired) electrons. The van der Waals surface area contributed by atoms with Gasteiger partial charge >= 0.3 is 12.0 Å². The molecule has 2 rings (SSSR count). The van der Waals surface area contributed by atoms with Crippen LogP contribution in [0.1, 0.15) is 35.5 Å². The van der Waals surface area contributed by atoms with E-state index < -0.39 is 0 Å². The summed E-state index contributed by atoms with van der Waals surface area (Å²) >= 11 is 0. The fraction of sp³-hybridized carbons (Fsp3) is 0.333. The molecular formula is C15H19N3O2. The predicted octanol–water partition coefficient (Wildman–Crippen LogP) is 3.48. The second-order valence-electron chi connectivity index (χ2n) is 4.84. The number of rotatable bonds is 3. The van der Waals surface area contributed by atoms with E-state index in [0.29, 0.717) is 5.76 Å². The molecule has 1 heterocycles. The Kier molecular flexibility index (Phi) is 4.08. The molecular weight excluding hydrogens is 254 g/mol. The number of hydrogen-bond acceptors (Lipinski definition) is 3. The van der Waals surface area contributed by atoms with Gasteiger partial charge in [0, 0.05) is 0 Å². The van der Waals surface area contributed by atoms with E-state index in [1.54, 1.807) is 6.92 Å². The van der Waals surface area contributed by atoms with Gasteiger partial charge in [0.1, 0.15) is 5.76 Å². The first-order valence-corrected chi connectivity index (χ1v) is 6.54. The van der Waals surface area contributed by atoms with Crippen molar-refractivity contribution in [3.63, 3.8) is 0 Å². The van der Waals surface area contributed by atoms with E-state index in [1.165, 1.54) is 0 Å². The molecule has 0 aliphatic carbocycles. The van der Waals surface area contributed by atoms with E-state index in [-0.39, 0.29) is 18.1 Å². The van der Waals surface area contributed by atoms with E-state index in [1.807, 2.05) is 45.0 Å². The third-order valence-electron chi connectivity index (χ3n) is 3.25. The summed E-state index contributed by atoms with van der Waals surface area (Å²) < 4.78 is 5.31. The summed E-state index contributed by atoms with van der Waals surface area (Å²) in [6, 6.07) is 7.75. The minimum Gasteiger partial charge on any atom is -0.428 e. The highest BCUT2D eigenvalue weighted by atomic mass is 16.4. The molecule has 1 atom stereocenters. The first kappa shape index (κ1) is 14.1. The van der Waals surface area contributed by atoms with Crippen molar-refractivity contribution < 1.29 is 9.21 Å². The molecule has 5 nitrogen and oxygen atoms in total. The third-order valence-corrected chi connectivity index (χ3v) is 3.25. The molecule has 1 aromatic heterocycles. The van der Waals surface area contributed by atoms with Crippen LogP contribution in [0.15, 0.2) is 28.7 Å². The van der Waals surface area contributed by atoms with Crippen molar-refractivity contribution in [2.45, 2.75) is 33.7 Å². The van der Waals surface area contributed by atoms with Crippen molar-refractivity contribution >= 4 is 12.0 Å².